The van der Waals surface area contributed by atoms with Gasteiger partial charge in [-0.2, -0.15) is 0 Å². The smallest absolute Gasteiger partial charge is 0.251 e. The molecule has 0 radical (unpaired) electrons. The van der Waals surface area contributed by atoms with Gasteiger partial charge in [0.25, 0.3) is 5.91 Å². The highest BCUT2D eigenvalue weighted by Gasteiger charge is 2.22. The van der Waals surface area contributed by atoms with E-state index in [2.05, 4.69) is 27.9 Å². The number of hydrogen-bond acceptors (Lipinski definition) is 4. The molecule has 6 nitrogen and oxygen atoms in total. The van der Waals surface area contributed by atoms with E-state index in [1.54, 1.807) is 30.5 Å². The van der Waals surface area contributed by atoms with Crippen molar-refractivity contribution in [1.82, 2.24) is 15.6 Å². The first-order valence-corrected chi connectivity index (χ1v) is 9.90. The van der Waals surface area contributed by atoms with Crippen molar-refractivity contribution < 1.29 is 9.59 Å². The molecule has 2 aromatic rings. The van der Waals surface area contributed by atoms with Crippen LogP contribution in [-0.4, -0.2) is 29.9 Å². The summed E-state index contributed by atoms with van der Waals surface area (Å²) in [7, 11) is 0. The lowest BCUT2D eigenvalue weighted by atomic mass is 9.85. The van der Waals surface area contributed by atoms with Crippen LogP contribution in [0.3, 0.4) is 0 Å². The summed E-state index contributed by atoms with van der Waals surface area (Å²) in [6.07, 6.45) is 4.53. The van der Waals surface area contributed by atoms with Crippen LogP contribution in [0, 0.1) is 11.8 Å². The summed E-state index contributed by atoms with van der Waals surface area (Å²) in [5, 5.41) is 9.18. The highest BCUT2D eigenvalue weighted by molar-refractivity contribution is 5.97. The van der Waals surface area contributed by atoms with Crippen LogP contribution in [0.2, 0.25) is 0 Å². The van der Waals surface area contributed by atoms with E-state index in [-0.39, 0.29) is 11.8 Å². The van der Waals surface area contributed by atoms with Crippen molar-refractivity contribution in [2.75, 3.05) is 18.4 Å². The molecular weight excluding hydrogens is 352 g/mol. The maximum Gasteiger partial charge on any atom is 0.251 e. The molecule has 0 bridgehead atoms. The number of carbonyl (C=O) groups is 2. The number of anilines is 1. The molecule has 3 N–H and O–H groups in total. The summed E-state index contributed by atoms with van der Waals surface area (Å²) in [5.41, 5.74) is 1.95. The third-order valence-electron chi connectivity index (χ3n) is 5.21. The number of piperidine rings is 1. The van der Waals surface area contributed by atoms with Crippen LogP contribution in [0.1, 0.15) is 42.2 Å². The minimum atomic E-state index is -0.191. The lowest BCUT2D eigenvalue weighted by molar-refractivity contribution is -0.117. The second-order valence-corrected chi connectivity index (χ2v) is 7.42. The molecule has 2 atom stereocenters. The van der Waals surface area contributed by atoms with Crippen molar-refractivity contribution >= 4 is 17.5 Å². The van der Waals surface area contributed by atoms with Gasteiger partial charge in [-0.1, -0.05) is 19.1 Å². The van der Waals surface area contributed by atoms with Crippen LogP contribution in [0.4, 0.5) is 5.69 Å². The van der Waals surface area contributed by atoms with Gasteiger partial charge in [0.05, 0.1) is 12.2 Å². The molecule has 3 rings (SSSR count). The number of rotatable bonds is 7. The quantitative estimate of drug-likeness (QED) is 0.690. The highest BCUT2D eigenvalue weighted by atomic mass is 16.2. The first-order chi connectivity index (χ1) is 13.6. The molecule has 0 aliphatic carbocycles. The number of nitrogens with one attached hydrogen (secondary N) is 3. The molecule has 28 heavy (non-hydrogen) atoms. The molecular formula is C22H28N4O2. The van der Waals surface area contributed by atoms with Crippen molar-refractivity contribution in [3.63, 3.8) is 0 Å². The zero-order valence-electron chi connectivity index (χ0n) is 16.3. The van der Waals surface area contributed by atoms with E-state index in [1.165, 1.54) is 12.8 Å². The normalized spacial score (nSPS) is 17.5. The monoisotopic (exact) mass is 380 g/mol. The molecule has 2 heterocycles. The van der Waals surface area contributed by atoms with Gasteiger partial charge in [0.1, 0.15) is 0 Å². The Balaban J connectivity index is 1.52. The Bertz CT molecular complexity index is 788. The standard InChI is InChI=1S/C22H28N4O2/c1-16(18-7-5-10-23-14-18)12-21(27)26-19-9-4-6-17(13-19)22(28)25-15-20-8-2-3-11-24-20/h2-4,6,8-9,11,13,16,18,23H,5,7,10,12,14-15H2,1H3,(H,25,28)(H,26,27). The third-order valence-corrected chi connectivity index (χ3v) is 5.21. The fourth-order valence-electron chi connectivity index (χ4n) is 3.55. The molecule has 2 unspecified atom stereocenters. The molecule has 1 saturated heterocycles. The van der Waals surface area contributed by atoms with Crippen LogP contribution in [0.5, 0.6) is 0 Å². The van der Waals surface area contributed by atoms with Crippen molar-refractivity contribution in [3.05, 3.63) is 59.9 Å². The van der Waals surface area contributed by atoms with Crippen molar-refractivity contribution in [2.45, 2.75) is 32.7 Å². The van der Waals surface area contributed by atoms with Gasteiger partial charge in [-0.05, 0) is 68.1 Å². The second kappa shape index (κ2) is 9.99. The van der Waals surface area contributed by atoms with Crippen molar-refractivity contribution in [1.29, 1.82) is 0 Å². The van der Waals surface area contributed by atoms with Gasteiger partial charge in [-0.25, -0.2) is 0 Å². The molecule has 1 aliphatic rings. The molecule has 0 spiro atoms. The number of hydrogen-bond donors (Lipinski definition) is 3. The third kappa shape index (κ3) is 5.89. The maximum absolute atomic E-state index is 12.4. The van der Waals surface area contributed by atoms with Gasteiger partial charge in [-0.15, -0.1) is 0 Å². The lowest BCUT2D eigenvalue weighted by Crippen LogP contribution is -2.34. The van der Waals surface area contributed by atoms with Gasteiger partial charge in [0, 0.05) is 23.9 Å². The van der Waals surface area contributed by atoms with Gasteiger partial charge < -0.3 is 16.0 Å². The van der Waals surface area contributed by atoms with E-state index in [0.29, 0.717) is 36.1 Å². The average molecular weight is 380 g/mol. The Labute approximate surface area is 166 Å². The van der Waals surface area contributed by atoms with Gasteiger partial charge in [0.2, 0.25) is 5.91 Å². The lowest BCUT2D eigenvalue weighted by Gasteiger charge is -2.28. The first kappa shape index (κ1) is 20.0. The van der Waals surface area contributed by atoms with E-state index < -0.39 is 0 Å². The minimum Gasteiger partial charge on any atom is -0.346 e. The largest absolute Gasteiger partial charge is 0.346 e. The Hall–Kier alpha value is -2.73. The molecule has 6 heteroatoms. The fraction of sp³-hybridized carbons (Fsp3) is 0.409. The van der Waals surface area contributed by atoms with Crippen LogP contribution in [-0.2, 0) is 11.3 Å². The average Bonchev–Trinajstić information content (AvgIpc) is 2.73. The number of amides is 2. The zero-order valence-corrected chi connectivity index (χ0v) is 16.3. The van der Waals surface area contributed by atoms with Gasteiger partial charge >= 0.3 is 0 Å². The minimum absolute atomic E-state index is 0.0101. The summed E-state index contributed by atoms with van der Waals surface area (Å²) in [6, 6.07) is 12.6. The van der Waals surface area contributed by atoms with Gasteiger partial charge in [-0.3, -0.25) is 14.6 Å². The highest BCUT2D eigenvalue weighted by Crippen LogP contribution is 2.23. The molecule has 1 aliphatic heterocycles. The van der Waals surface area contributed by atoms with Crippen molar-refractivity contribution in [3.8, 4) is 0 Å². The summed E-state index contributed by atoms with van der Waals surface area (Å²) in [5.74, 6) is 0.674. The maximum atomic E-state index is 12.4. The Kier molecular flexibility index (Phi) is 7.14. The van der Waals surface area contributed by atoms with Gasteiger partial charge in [0.15, 0.2) is 0 Å². The summed E-state index contributed by atoms with van der Waals surface area (Å²) in [6.45, 7) is 4.56. The van der Waals surface area contributed by atoms with E-state index in [9.17, 15) is 9.59 Å². The Morgan fingerprint density at radius 2 is 2.14 bits per heavy atom. The number of aromatic nitrogens is 1. The number of carbonyl (C=O) groups excluding carboxylic acids is 2. The van der Waals surface area contributed by atoms with E-state index >= 15 is 0 Å². The number of benzene rings is 1. The summed E-state index contributed by atoms with van der Waals surface area (Å²) < 4.78 is 0. The van der Waals surface area contributed by atoms with Crippen LogP contribution in [0.25, 0.3) is 0 Å². The van der Waals surface area contributed by atoms with E-state index in [1.807, 2.05) is 18.2 Å². The van der Waals surface area contributed by atoms with Crippen LogP contribution < -0.4 is 16.0 Å². The molecule has 2 amide bonds. The zero-order chi connectivity index (χ0) is 19.8. The number of pyridine rings is 1. The predicted molar refractivity (Wildman–Crippen MR) is 110 cm³/mol. The molecule has 148 valence electrons. The summed E-state index contributed by atoms with van der Waals surface area (Å²) in [4.78, 5) is 29.0. The SMILES string of the molecule is CC(CC(=O)Nc1cccc(C(=O)NCc2ccccn2)c1)C1CCCNC1. The number of nitrogens with zero attached hydrogens (tertiary/aromatic N) is 1. The van der Waals surface area contributed by atoms with Crippen LogP contribution >= 0.6 is 0 Å². The first-order valence-electron chi connectivity index (χ1n) is 9.90. The van der Waals surface area contributed by atoms with Crippen molar-refractivity contribution in [2.24, 2.45) is 11.8 Å². The van der Waals surface area contributed by atoms with Crippen LogP contribution in [0.15, 0.2) is 48.7 Å². The summed E-state index contributed by atoms with van der Waals surface area (Å²) >= 11 is 0. The Morgan fingerprint density at radius 1 is 1.25 bits per heavy atom. The molecule has 1 aromatic heterocycles. The topological polar surface area (TPSA) is 83.1 Å². The second-order valence-electron chi connectivity index (χ2n) is 7.42. The molecule has 1 aromatic carbocycles. The predicted octanol–water partition coefficient (Wildman–Crippen LogP) is 2.98. The van der Waals surface area contributed by atoms with E-state index in [0.717, 1.165) is 18.8 Å². The fourth-order valence-corrected chi connectivity index (χ4v) is 3.55. The Morgan fingerprint density at radius 3 is 2.89 bits per heavy atom. The molecule has 1 fully saturated rings. The van der Waals surface area contributed by atoms with E-state index in [4.69, 9.17) is 0 Å². The molecule has 0 saturated carbocycles.